The Kier molecular flexibility index (Phi) is 9.96. The lowest BCUT2D eigenvalue weighted by atomic mass is 10.2. The minimum Gasteiger partial charge on any atom is -0.293 e. The first-order valence-corrected chi connectivity index (χ1v) is 10.0. The van der Waals surface area contributed by atoms with Crippen molar-refractivity contribution in [2.24, 2.45) is 0 Å². The summed E-state index contributed by atoms with van der Waals surface area (Å²) in [5, 5.41) is 0. The van der Waals surface area contributed by atoms with Crippen LogP contribution in [0.15, 0.2) is 28.5 Å². The third kappa shape index (κ3) is 7.84. The lowest BCUT2D eigenvalue weighted by Crippen LogP contribution is -2.04. The molecule has 0 aliphatic carbocycles. The van der Waals surface area contributed by atoms with Gasteiger partial charge < -0.3 is 0 Å². The molecule has 0 spiro atoms. The predicted molar refractivity (Wildman–Crippen MR) is 101 cm³/mol. The van der Waals surface area contributed by atoms with Crippen LogP contribution in [-0.2, 0) is 0 Å². The summed E-state index contributed by atoms with van der Waals surface area (Å²) < 4.78 is 1.05. The van der Waals surface area contributed by atoms with Crippen molar-refractivity contribution in [2.75, 3.05) is 11.5 Å². The van der Waals surface area contributed by atoms with Crippen molar-refractivity contribution in [3.05, 3.63) is 39.9 Å². The zero-order valence-electron chi connectivity index (χ0n) is 14.1. The van der Waals surface area contributed by atoms with Gasteiger partial charge in [0.1, 0.15) is 11.4 Å². The largest absolute Gasteiger partial charge is 0.293 e. The molecule has 1 aromatic heterocycles. The molecule has 0 fully saturated rings. The summed E-state index contributed by atoms with van der Waals surface area (Å²) in [5.41, 5.74) is 0.672. The number of pyridine rings is 1. The van der Waals surface area contributed by atoms with Gasteiger partial charge in [0.05, 0.1) is 0 Å². The van der Waals surface area contributed by atoms with Gasteiger partial charge in [0, 0.05) is 17.2 Å². The fraction of sp³-hybridized carbons (Fsp3) is 0.500. The first-order valence-electron chi connectivity index (χ1n) is 8.08. The topological polar surface area (TPSA) is 47.0 Å². The molecule has 126 valence electrons. The third-order valence-corrected chi connectivity index (χ3v) is 5.59. The van der Waals surface area contributed by atoms with Gasteiger partial charge in [-0.25, -0.2) is 4.98 Å². The molecule has 0 radical (unpaired) electrons. The molecule has 0 N–H and O–H groups in total. The molecular weight excluding hydrogens is 326 g/mol. The lowest BCUT2D eigenvalue weighted by molar-refractivity contribution is 0.101. The Hall–Kier alpha value is -1.07. The van der Waals surface area contributed by atoms with Gasteiger partial charge in [-0.1, -0.05) is 32.8 Å². The van der Waals surface area contributed by atoms with Crippen molar-refractivity contribution in [2.45, 2.75) is 46.5 Å². The average molecular weight is 352 g/mol. The average Bonchev–Trinajstić information content (AvgIpc) is 2.55. The number of carbonyl (C=O) groups is 2. The van der Waals surface area contributed by atoms with Gasteiger partial charge in [-0.05, 0) is 36.5 Å². The number of thioether (sulfide) groups is 2. The van der Waals surface area contributed by atoms with E-state index in [2.05, 4.69) is 18.8 Å². The highest BCUT2D eigenvalue weighted by molar-refractivity contribution is 8.22. The van der Waals surface area contributed by atoms with Crippen LogP contribution in [0.3, 0.4) is 0 Å². The Labute approximate surface area is 147 Å². The van der Waals surface area contributed by atoms with E-state index < -0.39 is 0 Å². The molecule has 0 amide bonds. The van der Waals surface area contributed by atoms with Crippen molar-refractivity contribution in [1.82, 2.24) is 4.98 Å². The highest BCUT2D eigenvalue weighted by Crippen LogP contribution is 2.30. The number of Topliss-reactive ketones (excluding diaryl/α,β-unsaturated/α-hetero) is 1. The summed E-state index contributed by atoms with van der Waals surface area (Å²) in [7, 11) is 0. The number of rotatable bonds is 11. The quantitative estimate of drug-likeness (QED) is 0.304. The van der Waals surface area contributed by atoms with Crippen LogP contribution in [0.5, 0.6) is 0 Å². The normalized spacial score (nSPS) is 10.4. The molecule has 0 bridgehead atoms. The van der Waals surface area contributed by atoms with Gasteiger partial charge in [0.2, 0.25) is 5.78 Å². The molecule has 23 heavy (non-hydrogen) atoms. The zero-order valence-corrected chi connectivity index (χ0v) is 15.8. The van der Waals surface area contributed by atoms with Gasteiger partial charge in [-0.15, -0.1) is 23.5 Å². The zero-order chi connectivity index (χ0) is 17.1. The van der Waals surface area contributed by atoms with E-state index in [9.17, 15) is 9.59 Å². The van der Waals surface area contributed by atoms with Gasteiger partial charge in [-0.3, -0.25) is 9.59 Å². The first-order chi connectivity index (χ1) is 11.1. The Morgan fingerprint density at radius 3 is 2.13 bits per heavy atom. The van der Waals surface area contributed by atoms with E-state index in [1.54, 1.807) is 47.8 Å². The van der Waals surface area contributed by atoms with Crippen LogP contribution in [0.4, 0.5) is 0 Å². The van der Waals surface area contributed by atoms with Crippen molar-refractivity contribution in [1.29, 1.82) is 0 Å². The maximum atomic E-state index is 12.4. The second kappa shape index (κ2) is 11.5. The molecule has 1 heterocycles. The number of unbranched alkanes of at least 4 members (excludes halogenated alkanes) is 2. The molecule has 1 aromatic rings. The number of allylic oxidation sites excluding steroid dienone is 1. The maximum Gasteiger partial charge on any atom is 0.205 e. The van der Waals surface area contributed by atoms with E-state index in [4.69, 9.17) is 0 Å². The molecular formula is C18H25NO2S2. The van der Waals surface area contributed by atoms with E-state index in [0.717, 1.165) is 41.4 Å². The van der Waals surface area contributed by atoms with Gasteiger partial charge in [0.15, 0.2) is 5.78 Å². The van der Waals surface area contributed by atoms with Crippen LogP contribution in [0, 0.1) is 0 Å². The van der Waals surface area contributed by atoms with E-state index in [-0.39, 0.29) is 11.6 Å². The van der Waals surface area contributed by atoms with Crippen molar-refractivity contribution < 1.29 is 9.59 Å². The fourth-order valence-electron chi connectivity index (χ4n) is 1.71. The summed E-state index contributed by atoms with van der Waals surface area (Å²) in [6.07, 6.45) is 6.25. The monoisotopic (exact) mass is 351 g/mol. The Balaban J connectivity index is 2.83. The highest BCUT2D eigenvalue weighted by Gasteiger charge is 2.10. The number of nitrogens with zero attached hydrogens (tertiary/aromatic N) is 1. The number of hydrogen-bond acceptors (Lipinski definition) is 5. The molecule has 0 saturated heterocycles. The van der Waals surface area contributed by atoms with Gasteiger partial charge in [-0.2, -0.15) is 0 Å². The number of aromatic nitrogens is 1. The lowest BCUT2D eigenvalue weighted by Gasteiger charge is -2.06. The van der Waals surface area contributed by atoms with E-state index in [0.29, 0.717) is 11.4 Å². The molecule has 0 aromatic carbocycles. The summed E-state index contributed by atoms with van der Waals surface area (Å²) in [6.45, 7) is 5.78. The Bertz CT molecular complexity index is 544. The molecule has 0 atom stereocenters. The van der Waals surface area contributed by atoms with E-state index in [1.165, 1.54) is 6.92 Å². The molecule has 0 aliphatic heterocycles. The number of carbonyl (C=O) groups excluding carboxylic acids is 2. The Morgan fingerprint density at radius 2 is 1.61 bits per heavy atom. The van der Waals surface area contributed by atoms with Gasteiger partial charge >= 0.3 is 0 Å². The fourth-order valence-corrected chi connectivity index (χ4v) is 4.19. The predicted octanol–water partition coefficient (Wildman–Crippen LogP) is 5.37. The van der Waals surface area contributed by atoms with E-state index >= 15 is 0 Å². The van der Waals surface area contributed by atoms with Crippen molar-refractivity contribution in [3.63, 3.8) is 0 Å². The summed E-state index contributed by atoms with van der Waals surface area (Å²) in [5.74, 6) is 1.79. The smallest absolute Gasteiger partial charge is 0.205 e. The molecule has 0 saturated carbocycles. The second-order valence-corrected chi connectivity index (χ2v) is 7.73. The molecule has 0 unspecified atom stereocenters. The minimum atomic E-state index is -0.129. The van der Waals surface area contributed by atoms with Crippen LogP contribution >= 0.6 is 23.5 Å². The van der Waals surface area contributed by atoms with Gasteiger partial charge in [0.25, 0.3) is 0 Å². The van der Waals surface area contributed by atoms with Crippen LogP contribution < -0.4 is 0 Å². The number of ketones is 2. The second-order valence-electron chi connectivity index (χ2n) is 5.20. The molecule has 0 aliphatic rings. The van der Waals surface area contributed by atoms with Crippen molar-refractivity contribution in [3.8, 4) is 0 Å². The minimum absolute atomic E-state index is 0.126. The SMILES string of the molecule is CCCCSC(=CC(=O)c1cccc(C(C)=O)n1)SCCCC. The van der Waals surface area contributed by atoms with Crippen LogP contribution in [-0.4, -0.2) is 28.1 Å². The standard InChI is InChI=1S/C18H25NO2S2/c1-4-6-11-22-18(23-12-7-5-2)13-17(21)16-10-8-9-15(19-16)14(3)20/h8-10,13H,4-7,11-12H2,1-3H3. The molecule has 3 nitrogen and oxygen atoms in total. The molecule has 1 rings (SSSR count). The summed E-state index contributed by atoms with van der Waals surface area (Å²) in [4.78, 5) is 28.0. The number of hydrogen-bond donors (Lipinski definition) is 0. The van der Waals surface area contributed by atoms with Crippen molar-refractivity contribution >= 4 is 35.1 Å². The first kappa shape index (κ1) is 20.0. The summed E-state index contributed by atoms with van der Waals surface area (Å²) in [6, 6.07) is 5.00. The molecule has 5 heteroatoms. The van der Waals surface area contributed by atoms with Crippen LogP contribution in [0.1, 0.15) is 67.4 Å². The van der Waals surface area contributed by atoms with Crippen LogP contribution in [0.2, 0.25) is 0 Å². The van der Waals surface area contributed by atoms with E-state index in [1.807, 2.05) is 0 Å². The third-order valence-electron chi connectivity index (χ3n) is 3.10. The maximum absolute atomic E-state index is 12.4. The Morgan fingerprint density at radius 1 is 1.04 bits per heavy atom. The van der Waals surface area contributed by atoms with Crippen LogP contribution in [0.25, 0.3) is 0 Å². The summed E-state index contributed by atoms with van der Waals surface area (Å²) >= 11 is 3.48. The highest BCUT2D eigenvalue weighted by atomic mass is 32.2.